The molecule has 1 rings (SSSR count). The first-order chi connectivity index (χ1) is 8.61. The Kier molecular flexibility index (Phi) is 6.44. The van der Waals surface area contributed by atoms with Gasteiger partial charge < -0.3 is 11.1 Å². The van der Waals surface area contributed by atoms with Crippen molar-refractivity contribution >= 4 is 11.6 Å². The van der Waals surface area contributed by atoms with E-state index in [-0.39, 0.29) is 11.9 Å². The van der Waals surface area contributed by atoms with Crippen LogP contribution in [0.25, 0.3) is 0 Å². The van der Waals surface area contributed by atoms with E-state index in [0.717, 1.165) is 18.5 Å². The molecule has 18 heavy (non-hydrogen) atoms. The van der Waals surface area contributed by atoms with Crippen molar-refractivity contribution in [3.05, 3.63) is 29.8 Å². The lowest BCUT2D eigenvalue weighted by Crippen LogP contribution is -2.19. The molecule has 3 N–H and O–H groups in total. The normalized spacial score (nSPS) is 12.2. The molecule has 0 radical (unpaired) electrons. The summed E-state index contributed by atoms with van der Waals surface area (Å²) in [7, 11) is 0. The Morgan fingerprint density at radius 1 is 1.33 bits per heavy atom. The lowest BCUT2D eigenvalue weighted by molar-refractivity contribution is -0.116. The number of rotatable bonds is 7. The minimum absolute atomic E-state index is 0.0357. The van der Waals surface area contributed by atoms with Gasteiger partial charge in [0.25, 0.3) is 0 Å². The molecule has 0 aromatic heterocycles. The summed E-state index contributed by atoms with van der Waals surface area (Å²) in [5.74, 6) is 0.0357. The van der Waals surface area contributed by atoms with Crippen molar-refractivity contribution in [1.29, 1.82) is 0 Å². The van der Waals surface area contributed by atoms with Crippen molar-refractivity contribution in [2.75, 3.05) is 5.32 Å². The Hall–Kier alpha value is -1.35. The molecule has 0 heterocycles. The van der Waals surface area contributed by atoms with E-state index in [9.17, 15) is 4.79 Å². The predicted octanol–water partition coefficient (Wildman–Crippen LogP) is 3.10. The number of carbonyl (C=O) groups is 1. The number of nitrogens with two attached hydrogens (primary N) is 1. The summed E-state index contributed by atoms with van der Waals surface area (Å²) in [4.78, 5) is 11.6. The molecule has 1 aromatic carbocycles. The number of unbranched alkanes of at least 4 members (excludes halogenated alkanes) is 1. The molecule has 1 unspecified atom stereocenters. The number of hydrogen-bond acceptors (Lipinski definition) is 2. The van der Waals surface area contributed by atoms with E-state index >= 15 is 0 Å². The van der Waals surface area contributed by atoms with Gasteiger partial charge in [-0.1, -0.05) is 25.5 Å². The van der Waals surface area contributed by atoms with E-state index in [2.05, 4.69) is 24.4 Å². The second-order valence-electron chi connectivity index (χ2n) is 4.86. The number of nitrogens with one attached hydrogen (secondary N) is 1. The fourth-order valence-corrected chi connectivity index (χ4v) is 1.72. The first-order valence-corrected chi connectivity index (χ1v) is 6.76. The van der Waals surface area contributed by atoms with Gasteiger partial charge in [0.1, 0.15) is 0 Å². The number of aryl methyl sites for hydroxylation is 1. The number of carbonyl (C=O) groups excluding carboxylic acids is 1. The van der Waals surface area contributed by atoms with Crippen LogP contribution in [-0.2, 0) is 11.2 Å². The molecule has 0 saturated carbocycles. The van der Waals surface area contributed by atoms with E-state index in [1.165, 1.54) is 18.4 Å². The highest BCUT2D eigenvalue weighted by Gasteiger charge is 2.04. The molecule has 0 aliphatic carbocycles. The highest BCUT2D eigenvalue weighted by molar-refractivity contribution is 5.90. The van der Waals surface area contributed by atoms with Crippen molar-refractivity contribution in [3.8, 4) is 0 Å². The van der Waals surface area contributed by atoms with Crippen LogP contribution in [0.5, 0.6) is 0 Å². The van der Waals surface area contributed by atoms with Crippen LogP contribution < -0.4 is 11.1 Å². The second-order valence-corrected chi connectivity index (χ2v) is 4.86. The maximum atomic E-state index is 11.6. The van der Waals surface area contributed by atoms with Gasteiger partial charge in [0.15, 0.2) is 0 Å². The van der Waals surface area contributed by atoms with Crippen molar-refractivity contribution in [3.63, 3.8) is 0 Å². The number of hydrogen-bond donors (Lipinski definition) is 2. The minimum atomic E-state index is 0.0357. The fourth-order valence-electron chi connectivity index (χ4n) is 1.72. The van der Waals surface area contributed by atoms with Crippen LogP contribution in [0.1, 0.15) is 45.1 Å². The molecule has 1 atom stereocenters. The average Bonchev–Trinajstić information content (AvgIpc) is 2.35. The molecule has 0 saturated heterocycles. The van der Waals surface area contributed by atoms with Crippen LogP contribution in [-0.4, -0.2) is 11.9 Å². The van der Waals surface area contributed by atoms with E-state index in [0.29, 0.717) is 6.42 Å². The average molecular weight is 248 g/mol. The zero-order valence-electron chi connectivity index (χ0n) is 11.4. The molecule has 1 amide bonds. The quantitative estimate of drug-likeness (QED) is 0.779. The largest absolute Gasteiger partial charge is 0.328 e. The first kappa shape index (κ1) is 14.7. The predicted molar refractivity (Wildman–Crippen MR) is 76.6 cm³/mol. The number of amides is 1. The minimum Gasteiger partial charge on any atom is -0.328 e. The summed E-state index contributed by atoms with van der Waals surface area (Å²) < 4.78 is 0. The summed E-state index contributed by atoms with van der Waals surface area (Å²) in [5.41, 5.74) is 7.81. The fraction of sp³-hybridized carbons (Fsp3) is 0.533. The van der Waals surface area contributed by atoms with Crippen LogP contribution in [0.2, 0.25) is 0 Å². The lowest BCUT2D eigenvalue weighted by Gasteiger charge is -2.07. The molecule has 0 spiro atoms. The summed E-state index contributed by atoms with van der Waals surface area (Å²) in [6.45, 7) is 4.10. The van der Waals surface area contributed by atoms with E-state index in [1.54, 1.807) is 0 Å². The van der Waals surface area contributed by atoms with Crippen molar-refractivity contribution in [1.82, 2.24) is 0 Å². The van der Waals surface area contributed by atoms with E-state index in [1.807, 2.05) is 19.1 Å². The van der Waals surface area contributed by atoms with Gasteiger partial charge in [-0.05, 0) is 43.9 Å². The highest BCUT2D eigenvalue weighted by Crippen LogP contribution is 2.12. The molecule has 1 aromatic rings. The lowest BCUT2D eigenvalue weighted by atomic mass is 10.1. The molecular weight excluding hydrogens is 224 g/mol. The van der Waals surface area contributed by atoms with Gasteiger partial charge in [-0.2, -0.15) is 0 Å². The molecule has 100 valence electrons. The monoisotopic (exact) mass is 248 g/mol. The first-order valence-electron chi connectivity index (χ1n) is 6.76. The SMILES string of the molecule is CCCCc1ccc(NC(=O)CCC(C)N)cc1. The van der Waals surface area contributed by atoms with Gasteiger partial charge >= 0.3 is 0 Å². The van der Waals surface area contributed by atoms with E-state index in [4.69, 9.17) is 5.73 Å². The Bertz CT molecular complexity index is 357. The summed E-state index contributed by atoms with van der Waals surface area (Å²) in [6.07, 6.45) is 4.72. The topological polar surface area (TPSA) is 55.1 Å². The van der Waals surface area contributed by atoms with Crippen molar-refractivity contribution < 1.29 is 4.79 Å². The molecular formula is C15H24N2O. The Morgan fingerprint density at radius 3 is 2.56 bits per heavy atom. The maximum Gasteiger partial charge on any atom is 0.224 e. The zero-order valence-corrected chi connectivity index (χ0v) is 11.4. The van der Waals surface area contributed by atoms with Gasteiger partial charge in [0.2, 0.25) is 5.91 Å². The van der Waals surface area contributed by atoms with Crippen LogP contribution >= 0.6 is 0 Å². The molecule has 0 bridgehead atoms. The maximum absolute atomic E-state index is 11.6. The third kappa shape index (κ3) is 5.82. The molecule has 0 fully saturated rings. The van der Waals surface area contributed by atoms with Crippen molar-refractivity contribution in [2.24, 2.45) is 5.73 Å². The smallest absolute Gasteiger partial charge is 0.224 e. The standard InChI is InChI=1S/C15H24N2O/c1-3-4-5-13-7-9-14(10-8-13)17-15(18)11-6-12(2)16/h7-10,12H,3-6,11,16H2,1-2H3,(H,17,18). The second kappa shape index (κ2) is 7.88. The highest BCUT2D eigenvalue weighted by atomic mass is 16.1. The van der Waals surface area contributed by atoms with E-state index < -0.39 is 0 Å². The van der Waals surface area contributed by atoms with Crippen LogP contribution in [0.3, 0.4) is 0 Å². The Labute approximate surface area is 110 Å². The van der Waals surface area contributed by atoms with Crippen molar-refractivity contribution in [2.45, 2.75) is 52.0 Å². The Morgan fingerprint density at radius 2 is 2.00 bits per heavy atom. The summed E-state index contributed by atoms with van der Waals surface area (Å²) >= 11 is 0. The van der Waals surface area contributed by atoms with Gasteiger partial charge in [-0.25, -0.2) is 0 Å². The summed E-state index contributed by atoms with van der Waals surface area (Å²) in [5, 5.41) is 2.89. The van der Waals surface area contributed by atoms with Gasteiger partial charge in [-0.15, -0.1) is 0 Å². The Balaban J connectivity index is 2.40. The van der Waals surface area contributed by atoms with Crippen LogP contribution in [0.4, 0.5) is 5.69 Å². The third-order valence-electron chi connectivity index (χ3n) is 2.88. The number of benzene rings is 1. The summed E-state index contributed by atoms with van der Waals surface area (Å²) in [6, 6.07) is 8.17. The molecule has 0 aliphatic heterocycles. The zero-order chi connectivity index (χ0) is 13.4. The molecule has 3 nitrogen and oxygen atoms in total. The van der Waals surface area contributed by atoms with Gasteiger partial charge in [-0.3, -0.25) is 4.79 Å². The van der Waals surface area contributed by atoms with Gasteiger partial charge in [0.05, 0.1) is 0 Å². The third-order valence-corrected chi connectivity index (χ3v) is 2.88. The molecule has 0 aliphatic rings. The van der Waals surface area contributed by atoms with Crippen LogP contribution in [0, 0.1) is 0 Å². The van der Waals surface area contributed by atoms with Crippen LogP contribution in [0.15, 0.2) is 24.3 Å². The number of anilines is 1. The molecule has 3 heteroatoms. The van der Waals surface area contributed by atoms with Gasteiger partial charge in [0, 0.05) is 18.2 Å².